The van der Waals surface area contributed by atoms with Crippen molar-refractivity contribution in [3.63, 3.8) is 0 Å². The molecule has 0 radical (unpaired) electrons. The molecule has 1 aliphatic heterocycles. The van der Waals surface area contributed by atoms with Crippen LogP contribution in [0.3, 0.4) is 0 Å². The highest BCUT2D eigenvalue weighted by atomic mass is 32.2. The summed E-state index contributed by atoms with van der Waals surface area (Å²) in [6, 6.07) is 0. The first-order chi connectivity index (χ1) is 5.49. The highest BCUT2D eigenvalue weighted by Crippen LogP contribution is 2.21. The zero-order valence-electron chi connectivity index (χ0n) is 6.85. The van der Waals surface area contributed by atoms with Crippen LogP contribution in [0.2, 0.25) is 0 Å². The Balaban J connectivity index is 2.37. The number of rotatable bonds is 2. The normalized spacial score (nSPS) is 18.4. The molecule has 0 N–H and O–H groups in total. The van der Waals surface area contributed by atoms with Crippen LogP contribution in [0.15, 0.2) is 0 Å². The van der Waals surface area contributed by atoms with E-state index in [1.54, 1.807) is 11.8 Å². The van der Waals surface area contributed by atoms with E-state index in [-0.39, 0.29) is 0 Å². The van der Waals surface area contributed by atoms with Crippen molar-refractivity contribution < 1.29 is 13.6 Å². The van der Waals surface area contributed by atoms with Crippen LogP contribution in [0.5, 0.6) is 0 Å². The first-order valence-electron chi connectivity index (χ1n) is 3.72. The van der Waals surface area contributed by atoms with E-state index in [2.05, 4.69) is 0 Å². The fourth-order valence-electron chi connectivity index (χ4n) is 0.988. The molecule has 0 unspecified atom stereocenters. The van der Waals surface area contributed by atoms with Gasteiger partial charge in [0.1, 0.15) is 0 Å². The predicted molar refractivity (Wildman–Crippen MR) is 44.3 cm³/mol. The number of amides is 1. The summed E-state index contributed by atoms with van der Waals surface area (Å²) >= 11 is 1.60. The minimum atomic E-state index is -2.87. The molecule has 0 spiro atoms. The molecule has 5 heteroatoms. The lowest BCUT2D eigenvalue weighted by Gasteiger charge is -2.16. The summed E-state index contributed by atoms with van der Waals surface area (Å²) in [5, 5.41) is 0. The van der Waals surface area contributed by atoms with Gasteiger partial charge in [-0.3, -0.25) is 4.79 Å². The number of hydrogen-bond acceptors (Lipinski definition) is 2. The van der Waals surface area contributed by atoms with Gasteiger partial charge < -0.3 is 4.90 Å². The smallest absolute Gasteiger partial charge is 0.254 e. The summed E-state index contributed by atoms with van der Waals surface area (Å²) in [7, 11) is 0. The van der Waals surface area contributed by atoms with Crippen LogP contribution >= 0.6 is 11.8 Å². The van der Waals surface area contributed by atoms with Crippen molar-refractivity contribution in [3.8, 4) is 0 Å². The highest BCUT2D eigenvalue weighted by Gasteiger charge is 2.29. The maximum Gasteiger partial charge on any atom is 0.254 e. The fraction of sp³-hybridized carbons (Fsp3) is 0.857. The van der Waals surface area contributed by atoms with Gasteiger partial charge in [0.2, 0.25) is 5.91 Å². The maximum absolute atomic E-state index is 12.4. The van der Waals surface area contributed by atoms with Gasteiger partial charge in [0.15, 0.2) is 0 Å². The molecule has 1 fully saturated rings. The van der Waals surface area contributed by atoms with Gasteiger partial charge in [-0.1, -0.05) is 0 Å². The Bertz CT molecular complexity index is 175. The Morgan fingerprint density at radius 3 is 2.75 bits per heavy atom. The van der Waals surface area contributed by atoms with Crippen LogP contribution in [0.1, 0.15) is 13.3 Å². The van der Waals surface area contributed by atoms with Crippen LogP contribution in [-0.2, 0) is 4.79 Å². The number of alkyl halides is 2. The lowest BCUT2D eigenvalue weighted by molar-refractivity contribution is -0.136. The summed E-state index contributed by atoms with van der Waals surface area (Å²) in [4.78, 5) is 12.6. The number of carbonyl (C=O) groups excluding carboxylic acids is 1. The number of thioether (sulfide) groups is 1. The number of nitrogens with zero attached hydrogens (tertiary/aromatic N) is 1. The Morgan fingerprint density at radius 1 is 1.67 bits per heavy atom. The molecule has 0 aromatic carbocycles. The van der Waals surface area contributed by atoms with Crippen molar-refractivity contribution in [2.45, 2.75) is 19.3 Å². The van der Waals surface area contributed by atoms with Gasteiger partial charge in [0, 0.05) is 12.3 Å². The van der Waals surface area contributed by atoms with E-state index in [9.17, 15) is 13.6 Å². The zero-order valence-corrected chi connectivity index (χ0v) is 7.66. The molecular weight excluding hydrogens is 184 g/mol. The Morgan fingerprint density at radius 2 is 2.33 bits per heavy atom. The van der Waals surface area contributed by atoms with Crippen molar-refractivity contribution in [3.05, 3.63) is 0 Å². The lowest BCUT2D eigenvalue weighted by Crippen LogP contribution is -2.32. The van der Waals surface area contributed by atoms with Gasteiger partial charge in [-0.15, -0.1) is 11.8 Å². The summed E-state index contributed by atoms with van der Waals surface area (Å²) in [6.07, 6.45) is -0.659. The van der Waals surface area contributed by atoms with Crippen molar-refractivity contribution >= 4 is 17.7 Å². The first-order valence-corrected chi connectivity index (χ1v) is 4.88. The quantitative estimate of drug-likeness (QED) is 0.666. The van der Waals surface area contributed by atoms with Gasteiger partial charge in [0.05, 0.1) is 12.3 Å². The number of carbonyl (C=O) groups is 1. The van der Waals surface area contributed by atoms with E-state index in [4.69, 9.17) is 0 Å². The van der Waals surface area contributed by atoms with E-state index < -0.39 is 18.3 Å². The summed E-state index contributed by atoms with van der Waals surface area (Å²) < 4.78 is 24.7. The van der Waals surface area contributed by atoms with Gasteiger partial charge >= 0.3 is 0 Å². The fourth-order valence-corrected chi connectivity index (χ4v) is 1.96. The van der Waals surface area contributed by atoms with Crippen LogP contribution < -0.4 is 0 Å². The molecule has 1 amide bonds. The molecule has 1 rings (SSSR count). The lowest BCUT2D eigenvalue weighted by atomic mass is 10.2. The largest absolute Gasteiger partial charge is 0.332 e. The minimum absolute atomic E-state index is 0.437. The second kappa shape index (κ2) is 3.60. The molecule has 0 bridgehead atoms. The molecular formula is C7H11F2NOS. The predicted octanol–water partition coefficient (Wildman–Crippen LogP) is 1.56. The molecule has 70 valence electrons. The first kappa shape index (κ1) is 9.77. The molecule has 12 heavy (non-hydrogen) atoms. The molecule has 1 saturated heterocycles. The number of hydrogen-bond donors (Lipinski definition) is 0. The zero-order chi connectivity index (χ0) is 9.19. The van der Waals surface area contributed by atoms with Crippen molar-refractivity contribution in [2.75, 3.05) is 18.2 Å². The van der Waals surface area contributed by atoms with Crippen LogP contribution in [0.4, 0.5) is 8.78 Å². The van der Waals surface area contributed by atoms with E-state index >= 15 is 0 Å². The minimum Gasteiger partial charge on any atom is -0.332 e. The van der Waals surface area contributed by atoms with Gasteiger partial charge in [-0.05, 0) is 6.92 Å². The van der Waals surface area contributed by atoms with Crippen molar-refractivity contribution in [1.82, 2.24) is 4.90 Å². The molecule has 0 aromatic heterocycles. The average molecular weight is 195 g/mol. The van der Waals surface area contributed by atoms with Crippen LogP contribution in [-0.4, -0.2) is 34.9 Å². The third kappa shape index (κ3) is 2.97. The Labute approximate surface area is 74.3 Å². The molecule has 1 aliphatic rings. The summed E-state index contributed by atoms with van der Waals surface area (Å²) in [6.45, 7) is 1.38. The monoisotopic (exact) mass is 195 g/mol. The number of halogens is 2. The van der Waals surface area contributed by atoms with Crippen molar-refractivity contribution in [1.29, 1.82) is 0 Å². The molecule has 0 saturated carbocycles. The second-order valence-corrected chi connectivity index (χ2v) is 4.02. The van der Waals surface area contributed by atoms with E-state index in [1.165, 1.54) is 4.90 Å². The summed E-state index contributed by atoms with van der Waals surface area (Å²) in [5.41, 5.74) is 0. The topological polar surface area (TPSA) is 20.3 Å². The van der Waals surface area contributed by atoms with Gasteiger partial charge in [-0.25, -0.2) is 8.78 Å². The third-order valence-electron chi connectivity index (χ3n) is 1.57. The average Bonchev–Trinajstić information content (AvgIpc) is 2.32. The summed E-state index contributed by atoms with van der Waals surface area (Å²) in [5.74, 6) is -1.88. The standard InChI is InChI=1S/C7H11F2NOS/c1-7(8,9)4-6(11)10-2-3-12-5-10/h2-5H2,1H3. The van der Waals surface area contributed by atoms with Gasteiger partial charge in [0.25, 0.3) is 5.92 Å². The van der Waals surface area contributed by atoms with Gasteiger partial charge in [-0.2, -0.15) is 0 Å². The maximum atomic E-state index is 12.4. The van der Waals surface area contributed by atoms with E-state index in [0.717, 1.165) is 12.7 Å². The Kier molecular flexibility index (Phi) is 2.93. The van der Waals surface area contributed by atoms with E-state index in [1.807, 2.05) is 0 Å². The van der Waals surface area contributed by atoms with E-state index in [0.29, 0.717) is 12.4 Å². The molecule has 0 aliphatic carbocycles. The van der Waals surface area contributed by atoms with Crippen LogP contribution in [0, 0.1) is 0 Å². The third-order valence-corrected chi connectivity index (χ3v) is 2.53. The molecule has 2 nitrogen and oxygen atoms in total. The SMILES string of the molecule is CC(F)(F)CC(=O)N1CCSC1. The van der Waals surface area contributed by atoms with Crippen molar-refractivity contribution in [2.24, 2.45) is 0 Å². The molecule has 0 atom stereocenters. The van der Waals surface area contributed by atoms with Crippen LogP contribution in [0.25, 0.3) is 0 Å². The highest BCUT2D eigenvalue weighted by molar-refractivity contribution is 7.99. The molecule has 0 aromatic rings. The molecule has 1 heterocycles. The Hall–Kier alpha value is -0.320. The second-order valence-electron chi connectivity index (χ2n) is 2.94.